The molecule has 0 saturated heterocycles. The van der Waals surface area contributed by atoms with Gasteiger partial charge in [-0.15, -0.1) is 0 Å². The topological polar surface area (TPSA) is 24.2 Å². The van der Waals surface area contributed by atoms with E-state index in [4.69, 9.17) is 11.6 Å². The molecule has 3 nitrogen and oxygen atoms in total. The van der Waals surface area contributed by atoms with Gasteiger partial charge in [-0.1, -0.05) is 12.1 Å². The van der Waals surface area contributed by atoms with Crippen molar-refractivity contribution >= 4 is 17.0 Å². The maximum Gasteiger partial charge on any atom is 0.325 e. The van der Waals surface area contributed by atoms with Gasteiger partial charge in [0.25, 0.3) is 6.17 Å². The Bertz CT molecular complexity index is 417. The summed E-state index contributed by atoms with van der Waals surface area (Å²) in [5.41, 5.74) is 0. The van der Waals surface area contributed by atoms with Gasteiger partial charge in [-0.3, -0.25) is 4.79 Å². The van der Waals surface area contributed by atoms with Crippen molar-refractivity contribution in [2.24, 2.45) is 0 Å². The molecule has 5 heteroatoms. The molecule has 1 atom stereocenters. The highest BCUT2D eigenvalue weighted by molar-refractivity contribution is 6.63. The van der Waals surface area contributed by atoms with Gasteiger partial charge in [0, 0.05) is 24.4 Å². The summed E-state index contributed by atoms with van der Waals surface area (Å²) < 4.78 is 1.90. The van der Waals surface area contributed by atoms with Crippen molar-refractivity contribution in [2.45, 2.75) is 6.17 Å². The summed E-state index contributed by atoms with van der Waals surface area (Å²) >= 11 is 5.49. The normalized spacial score (nSPS) is 18.1. The van der Waals surface area contributed by atoms with E-state index in [1.165, 1.54) is 4.90 Å². The molecule has 1 aromatic heterocycles. The Kier molecular flexibility index (Phi) is 4.52. The molecule has 84 valence electrons. The van der Waals surface area contributed by atoms with E-state index in [0.717, 1.165) is 0 Å². The van der Waals surface area contributed by atoms with Gasteiger partial charge < -0.3 is 12.4 Å². The summed E-state index contributed by atoms with van der Waals surface area (Å²) in [6.07, 6.45) is 10.8. The van der Waals surface area contributed by atoms with E-state index in [2.05, 4.69) is 0 Å². The fourth-order valence-electron chi connectivity index (χ4n) is 1.48. The van der Waals surface area contributed by atoms with Gasteiger partial charge in [0.05, 0.1) is 0 Å². The van der Waals surface area contributed by atoms with Crippen molar-refractivity contribution in [3.05, 3.63) is 55.0 Å². The third-order valence-corrected chi connectivity index (χ3v) is 2.37. The van der Waals surface area contributed by atoms with Crippen molar-refractivity contribution in [2.75, 3.05) is 0 Å². The van der Waals surface area contributed by atoms with Crippen molar-refractivity contribution in [3.63, 3.8) is 0 Å². The zero-order chi connectivity index (χ0) is 10.7. The molecule has 1 aliphatic heterocycles. The second-order valence-electron chi connectivity index (χ2n) is 3.12. The first-order chi connectivity index (χ1) is 7.29. The van der Waals surface area contributed by atoms with Crippen LogP contribution in [0.4, 0.5) is 4.79 Å². The van der Waals surface area contributed by atoms with Gasteiger partial charge in [0.2, 0.25) is 0 Å². The average molecular weight is 257 g/mol. The van der Waals surface area contributed by atoms with E-state index >= 15 is 0 Å². The highest BCUT2D eigenvalue weighted by atomic mass is 35.5. The number of aromatic nitrogens is 1. The molecule has 0 saturated carbocycles. The third kappa shape index (κ3) is 2.62. The average Bonchev–Trinajstić information content (AvgIpc) is 2.30. The van der Waals surface area contributed by atoms with Crippen LogP contribution in [0.25, 0.3) is 0 Å². The molecule has 0 fully saturated rings. The number of carbonyl (C=O) groups excluding carboxylic acids is 1. The monoisotopic (exact) mass is 256 g/mol. The summed E-state index contributed by atoms with van der Waals surface area (Å²) in [6.45, 7) is 0. The number of halogens is 2. The summed E-state index contributed by atoms with van der Waals surface area (Å²) in [7, 11) is 0. The molecule has 2 rings (SSSR count). The molecule has 1 aliphatic rings. The predicted octanol–water partition coefficient (Wildman–Crippen LogP) is -0.779. The van der Waals surface area contributed by atoms with Crippen LogP contribution in [0.5, 0.6) is 0 Å². The quantitative estimate of drug-likeness (QED) is 0.368. The van der Waals surface area contributed by atoms with Crippen LogP contribution < -0.4 is 17.0 Å². The van der Waals surface area contributed by atoms with E-state index in [1.807, 2.05) is 47.3 Å². The second-order valence-corrected chi connectivity index (χ2v) is 3.45. The van der Waals surface area contributed by atoms with E-state index in [-0.39, 0.29) is 18.6 Å². The smallest absolute Gasteiger partial charge is 0.325 e. The number of pyridine rings is 1. The molecular weight excluding hydrogens is 247 g/mol. The zero-order valence-corrected chi connectivity index (χ0v) is 9.84. The number of hydrogen-bond acceptors (Lipinski definition) is 1. The van der Waals surface area contributed by atoms with Crippen LogP contribution in [0.15, 0.2) is 55.0 Å². The van der Waals surface area contributed by atoms with Crippen LogP contribution in [0, 0.1) is 0 Å². The molecule has 2 heterocycles. The van der Waals surface area contributed by atoms with Gasteiger partial charge in [-0.25, -0.2) is 4.90 Å². The Labute approximate surface area is 105 Å². The van der Waals surface area contributed by atoms with Crippen LogP contribution in [0.2, 0.25) is 0 Å². The van der Waals surface area contributed by atoms with Crippen molar-refractivity contribution < 1.29 is 21.8 Å². The molecule has 1 aromatic rings. The van der Waals surface area contributed by atoms with Crippen LogP contribution in [0.1, 0.15) is 6.17 Å². The minimum absolute atomic E-state index is 0. The maximum absolute atomic E-state index is 11.2. The summed E-state index contributed by atoms with van der Waals surface area (Å²) in [6, 6.07) is 5.73. The van der Waals surface area contributed by atoms with E-state index in [9.17, 15) is 4.79 Å². The molecule has 0 spiro atoms. The fourth-order valence-corrected chi connectivity index (χ4v) is 1.64. The first-order valence-electron chi connectivity index (χ1n) is 4.57. The van der Waals surface area contributed by atoms with Crippen LogP contribution in [-0.2, 0) is 0 Å². The number of hydrogen-bond donors (Lipinski definition) is 0. The van der Waals surface area contributed by atoms with Gasteiger partial charge in [0.1, 0.15) is 0 Å². The zero-order valence-electron chi connectivity index (χ0n) is 8.33. The summed E-state index contributed by atoms with van der Waals surface area (Å²) in [4.78, 5) is 12.6. The first-order valence-corrected chi connectivity index (χ1v) is 4.95. The van der Waals surface area contributed by atoms with Crippen LogP contribution in [-0.4, -0.2) is 10.3 Å². The number of amides is 1. The molecule has 0 N–H and O–H groups in total. The lowest BCUT2D eigenvalue weighted by molar-refractivity contribution is -0.727. The Morgan fingerprint density at radius 3 is 2.50 bits per heavy atom. The molecule has 16 heavy (non-hydrogen) atoms. The van der Waals surface area contributed by atoms with Crippen LogP contribution >= 0.6 is 11.6 Å². The molecular formula is C11H10Cl2N2O. The number of rotatable bonds is 1. The fraction of sp³-hybridized carbons (Fsp3) is 0.0909. The largest absolute Gasteiger partial charge is 1.00 e. The van der Waals surface area contributed by atoms with Crippen molar-refractivity contribution in [1.29, 1.82) is 0 Å². The van der Waals surface area contributed by atoms with Gasteiger partial charge >= 0.3 is 5.37 Å². The SMILES string of the molecule is O=C(Cl)N1C=CC=C[C@@H]1[n+]1ccccc1.[Cl-]. The Balaban J connectivity index is 0.00000128. The van der Waals surface area contributed by atoms with E-state index in [0.29, 0.717) is 0 Å². The molecule has 0 aliphatic carbocycles. The molecule has 0 unspecified atom stereocenters. The predicted molar refractivity (Wildman–Crippen MR) is 57.0 cm³/mol. The minimum atomic E-state index is -0.489. The lowest BCUT2D eigenvalue weighted by atomic mass is 10.3. The summed E-state index contributed by atoms with van der Waals surface area (Å²) in [5, 5.41) is -0.489. The molecule has 1 amide bonds. The number of carbonyl (C=O) groups is 1. The lowest BCUT2D eigenvalue weighted by Crippen LogP contribution is -3.00. The minimum Gasteiger partial charge on any atom is -1.00 e. The van der Waals surface area contributed by atoms with Gasteiger partial charge in [-0.05, 0) is 17.7 Å². The van der Waals surface area contributed by atoms with E-state index in [1.54, 1.807) is 12.3 Å². The van der Waals surface area contributed by atoms with Crippen LogP contribution in [0.3, 0.4) is 0 Å². The van der Waals surface area contributed by atoms with E-state index < -0.39 is 5.37 Å². The van der Waals surface area contributed by atoms with Crippen molar-refractivity contribution in [3.8, 4) is 0 Å². The first kappa shape index (κ1) is 12.7. The number of allylic oxidation sites excluding steroid dienone is 2. The third-order valence-electron chi connectivity index (χ3n) is 2.17. The highest BCUT2D eigenvalue weighted by Crippen LogP contribution is 2.15. The second kappa shape index (κ2) is 5.68. The Morgan fingerprint density at radius 1 is 1.19 bits per heavy atom. The number of nitrogens with zero attached hydrogens (tertiary/aromatic N) is 2. The Hall–Kier alpha value is -1.32. The maximum atomic E-state index is 11.2. The van der Waals surface area contributed by atoms with Crippen molar-refractivity contribution in [1.82, 2.24) is 4.90 Å². The molecule has 0 radical (unpaired) electrons. The van der Waals surface area contributed by atoms with Gasteiger partial charge in [0.15, 0.2) is 12.4 Å². The molecule has 0 bridgehead atoms. The summed E-state index contributed by atoms with van der Waals surface area (Å²) in [5.74, 6) is 0. The Morgan fingerprint density at radius 2 is 1.88 bits per heavy atom. The standard InChI is InChI=1S/C11H10ClN2O.ClH/c12-11(15)14-9-5-2-6-10(14)13-7-3-1-4-8-13;/h1-10H;1H/q+1;/p-1/t10-;/m1./s1. The molecule has 0 aromatic carbocycles. The van der Waals surface area contributed by atoms with Gasteiger partial charge in [-0.2, -0.15) is 4.57 Å². The highest BCUT2D eigenvalue weighted by Gasteiger charge is 2.26. The lowest BCUT2D eigenvalue weighted by Gasteiger charge is -2.21.